The van der Waals surface area contributed by atoms with Gasteiger partial charge in [0.2, 0.25) is 15.9 Å². The molecule has 0 aromatic carbocycles. The van der Waals surface area contributed by atoms with E-state index >= 15 is 0 Å². The molecule has 0 fully saturated rings. The third kappa shape index (κ3) is 5.59. The van der Waals surface area contributed by atoms with Crippen molar-refractivity contribution in [1.29, 1.82) is 0 Å². The Labute approximate surface area is 108 Å². The molecule has 0 heterocycles. The van der Waals surface area contributed by atoms with Gasteiger partial charge in [-0.1, -0.05) is 27.7 Å². The van der Waals surface area contributed by atoms with Gasteiger partial charge in [-0.25, -0.2) is 8.42 Å². The van der Waals surface area contributed by atoms with Gasteiger partial charge in [-0.2, -0.15) is 0 Å². The van der Waals surface area contributed by atoms with Gasteiger partial charge in [0.1, 0.15) is 5.78 Å². The van der Waals surface area contributed by atoms with Gasteiger partial charge in [0, 0.05) is 18.9 Å². The predicted octanol–water partition coefficient (Wildman–Crippen LogP) is 0.0325. The molecule has 0 atom stereocenters. The van der Waals surface area contributed by atoms with Gasteiger partial charge in [-0.15, -0.1) is 0 Å². The number of carbonyl (C=O) groups excluding carboxylic acids is 2. The summed E-state index contributed by atoms with van der Waals surface area (Å²) >= 11 is 0. The highest BCUT2D eigenvalue weighted by molar-refractivity contribution is 7.90. The zero-order chi connectivity index (χ0) is 14.6. The maximum atomic E-state index is 11.8. The molecule has 0 rings (SSSR count). The summed E-state index contributed by atoms with van der Waals surface area (Å²) in [6.07, 6.45) is 0.00858. The van der Waals surface area contributed by atoms with Crippen LogP contribution in [0, 0.1) is 11.3 Å². The van der Waals surface area contributed by atoms with Crippen LogP contribution >= 0.6 is 0 Å². The van der Waals surface area contributed by atoms with E-state index in [9.17, 15) is 18.0 Å². The summed E-state index contributed by atoms with van der Waals surface area (Å²) in [6.45, 7) is 6.50. The number of nitrogens with one attached hydrogen (secondary N) is 1. The van der Waals surface area contributed by atoms with Crippen LogP contribution in [0.5, 0.6) is 0 Å². The lowest BCUT2D eigenvalue weighted by Gasteiger charge is -2.23. The van der Waals surface area contributed by atoms with Crippen LogP contribution in [0.1, 0.15) is 34.1 Å². The quantitative estimate of drug-likeness (QED) is 0.683. The minimum atomic E-state index is -3.71. The summed E-state index contributed by atoms with van der Waals surface area (Å²) in [5.74, 6) is -1.25. The van der Waals surface area contributed by atoms with Gasteiger partial charge in [0.25, 0.3) is 0 Å². The fourth-order valence-electron chi connectivity index (χ4n) is 1.21. The second-order valence-corrected chi connectivity index (χ2v) is 7.06. The van der Waals surface area contributed by atoms with E-state index in [1.807, 2.05) is 4.72 Å². The lowest BCUT2D eigenvalue weighted by Crippen LogP contribution is -2.43. The van der Waals surface area contributed by atoms with E-state index in [0.29, 0.717) is 0 Å². The van der Waals surface area contributed by atoms with Gasteiger partial charge in [0.05, 0.1) is 11.2 Å². The molecule has 0 spiro atoms. The first-order valence-electron chi connectivity index (χ1n) is 5.79. The summed E-state index contributed by atoms with van der Waals surface area (Å²) in [5.41, 5.74) is 4.08. The molecule has 0 radical (unpaired) electrons. The third-order valence-electron chi connectivity index (χ3n) is 2.51. The summed E-state index contributed by atoms with van der Waals surface area (Å²) in [5, 5.41) is 0. The number of nitrogens with two attached hydrogens (primary N) is 1. The molecule has 106 valence electrons. The Morgan fingerprint density at radius 3 is 2.17 bits per heavy atom. The molecule has 0 aliphatic carbocycles. The molecule has 0 aromatic rings. The van der Waals surface area contributed by atoms with Crippen LogP contribution in [0.4, 0.5) is 0 Å². The van der Waals surface area contributed by atoms with Crippen LogP contribution in [0.15, 0.2) is 0 Å². The van der Waals surface area contributed by atoms with Gasteiger partial charge in [-0.05, 0) is 0 Å². The topological polar surface area (TPSA) is 106 Å². The van der Waals surface area contributed by atoms with Crippen molar-refractivity contribution in [3.63, 3.8) is 0 Å². The zero-order valence-corrected chi connectivity index (χ0v) is 12.1. The molecule has 0 aromatic heterocycles. The number of amides is 1. The van der Waals surface area contributed by atoms with Crippen LogP contribution in [0.2, 0.25) is 0 Å². The van der Waals surface area contributed by atoms with Crippen LogP contribution in [-0.4, -0.2) is 32.4 Å². The Kier molecular flexibility index (Phi) is 5.95. The van der Waals surface area contributed by atoms with E-state index < -0.39 is 21.3 Å². The molecular weight excluding hydrogens is 256 g/mol. The summed E-state index contributed by atoms with van der Waals surface area (Å²) in [4.78, 5) is 23.4. The molecule has 0 unspecified atom stereocenters. The van der Waals surface area contributed by atoms with Crippen molar-refractivity contribution in [3.8, 4) is 0 Å². The smallest absolute Gasteiger partial charge is 0.239 e. The van der Waals surface area contributed by atoms with Crippen molar-refractivity contribution < 1.29 is 18.0 Å². The van der Waals surface area contributed by atoms with Gasteiger partial charge >= 0.3 is 0 Å². The second-order valence-electron chi connectivity index (χ2n) is 5.22. The number of hydrogen-bond donors (Lipinski definition) is 2. The average molecular weight is 278 g/mol. The van der Waals surface area contributed by atoms with Crippen molar-refractivity contribution in [3.05, 3.63) is 0 Å². The number of ketones is 1. The Balaban J connectivity index is 4.72. The summed E-state index contributed by atoms with van der Waals surface area (Å²) < 4.78 is 24.8. The van der Waals surface area contributed by atoms with Crippen LogP contribution in [0.25, 0.3) is 0 Å². The van der Waals surface area contributed by atoms with E-state index in [1.54, 1.807) is 27.7 Å². The van der Waals surface area contributed by atoms with Crippen LogP contribution < -0.4 is 10.5 Å². The predicted molar refractivity (Wildman–Crippen MR) is 69.2 cm³/mol. The minimum absolute atomic E-state index is 0.00858. The largest absolute Gasteiger partial charge is 0.329 e. The molecule has 0 aliphatic heterocycles. The molecule has 6 nitrogen and oxygen atoms in total. The highest BCUT2D eigenvalue weighted by Gasteiger charge is 2.33. The summed E-state index contributed by atoms with van der Waals surface area (Å²) in [6, 6.07) is 0. The Bertz CT molecular complexity index is 413. The summed E-state index contributed by atoms with van der Waals surface area (Å²) in [7, 11) is -3.71. The molecule has 1 amide bonds. The highest BCUT2D eigenvalue weighted by atomic mass is 32.2. The van der Waals surface area contributed by atoms with E-state index in [1.165, 1.54) is 0 Å². The van der Waals surface area contributed by atoms with Crippen molar-refractivity contribution in [2.75, 3.05) is 12.3 Å². The number of hydrogen-bond acceptors (Lipinski definition) is 5. The first kappa shape index (κ1) is 17.1. The molecule has 18 heavy (non-hydrogen) atoms. The Hall–Kier alpha value is -0.950. The van der Waals surface area contributed by atoms with E-state index in [-0.39, 0.29) is 30.4 Å². The average Bonchev–Trinajstić information content (AvgIpc) is 2.15. The number of sulfonamides is 1. The molecule has 3 N–H and O–H groups in total. The number of carbonyl (C=O) groups is 2. The second kappa shape index (κ2) is 6.29. The van der Waals surface area contributed by atoms with Crippen molar-refractivity contribution in [1.82, 2.24) is 4.72 Å². The molecule has 7 heteroatoms. The number of Topliss-reactive ketones (excluding diaryl/α,β-unsaturated/α-hetero) is 1. The zero-order valence-electron chi connectivity index (χ0n) is 11.3. The van der Waals surface area contributed by atoms with Crippen LogP contribution in [-0.2, 0) is 19.6 Å². The minimum Gasteiger partial charge on any atom is -0.329 e. The third-order valence-corrected chi connectivity index (χ3v) is 3.78. The van der Waals surface area contributed by atoms with Gasteiger partial charge < -0.3 is 5.73 Å². The maximum Gasteiger partial charge on any atom is 0.239 e. The van der Waals surface area contributed by atoms with E-state index in [2.05, 4.69) is 0 Å². The molecule has 0 bridgehead atoms. The first-order valence-corrected chi connectivity index (χ1v) is 7.45. The lowest BCUT2D eigenvalue weighted by molar-refractivity contribution is -0.133. The van der Waals surface area contributed by atoms with E-state index in [4.69, 9.17) is 5.73 Å². The van der Waals surface area contributed by atoms with Gasteiger partial charge in [-0.3, -0.25) is 14.3 Å². The van der Waals surface area contributed by atoms with Crippen molar-refractivity contribution in [2.24, 2.45) is 17.1 Å². The molecule has 0 saturated heterocycles. The molecule has 0 saturated carbocycles. The Morgan fingerprint density at radius 1 is 1.28 bits per heavy atom. The SMILES string of the molecule is CC(C)C(=O)CC(C)(C)C(=O)NS(=O)(=O)CCN. The van der Waals surface area contributed by atoms with E-state index in [0.717, 1.165) is 0 Å². The first-order chi connectivity index (χ1) is 8.02. The van der Waals surface area contributed by atoms with Crippen LogP contribution in [0.3, 0.4) is 0 Å². The highest BCUT2D eigenvalue weighted by Crippen LogP contribution is 2.23. The monoisotopic (exact) mass is 278 g/mol. The standard InChI is InChI=1S/C11H22N2O4S/c1-8(2)9(14)7-11(3,4)10(15)13-18(16,17)6-5-12/h8H,5-7,12H2,1-4H3,(H,13,15). The molecule has 0 aliphatic rings. The van der Waals surface area contributed by atoms with Gasteiger partial charge in [0.15, 0.2) is 0 Å². The molecular formula is C11H22N2O4S. The maximum absolute atomic E-state index is 11.8. The van der Waals surface area contributed by atoms with Crippen molar-refractivity contribution >= 4 is 21.7 Å². The Morgan fingerprint density at radius 2 is 1.78 bits per heavy atom. The lowest BCUT2D eigenvalue weighted by atomic mass is 9.84. The number of rotatable bonds is 7. The normalized spacial score (nSPS) is 12.6. The fourth-order valence-corrected chi connectivity index (χ4v) is 2.18. The fraction of sp³-hybridized carbons (Fsp3) is 0.818. The van der Waals surface area contributed by atoms with Crippen molar-refractivity contribution in [2.45, 2.75) is 34.1 Å².